The van der Waals surface area contributed by atoms with Gasteiger partial charge in [-0.3, -0.25) is 4.79 Å². The molecule has 0 radical (unpaired) electrons. The molecule has 2 aromatic rings. The van der Waals surface area contributed by atoms with E-state index in [2.05, 4.69) is 10.3 Å². The second-order valence-corrected chi connectivity index (χ2v) is 3.41. The Morgan fingerprint density at radius 2 is 2.13 bits per heavy atom. The van der Waals surface area contributed by atoms with Crippen molar-refractivity contribution in [2.24, 2.45) is 0 Å². The minimum atomic E-state index is 0.462. The van der Waals surface area contributed by atoms with Gasteiger partial charge in [0.05, 0.1) is 11.9 Å². The summed E-state index contributed by atoms with van der Waals surface area (Å²) in [6, 6.07) is 5.88. The number of aryl methyl sites for hydroxylation is 1. The van der Waals surface area contributed by atoms with E-state index in [0.29, 0.717) is 5.69 Å². The van der Waals surface area contributed by atoms with Gasteiger partial charge in [0, 0.05) is 0 Å². The normalized spacial score (nSPS) is 10.3. The molecule has 1 aromatic heterocycles. The fourth-order valence-corrected chi connectivity index (χ4v) is 1.48. The second kappa shape index (κ2) is 3.65. The van der Waals surface area contributed by atoms with Gasteiger partial charge in [0.15, 0.2) is 6.29 Å². The van der Waals surface area contributed by atoms with Crippen LogP contribution in [0.5, 0.6) is 0 Å². The second-order valence-electron chi connectivity index (χ2n) is 3.41. The van der Waals surface area contributed by atoms with Gasteiger partial charge >= 0.3 is 0 Å². The van der Waals surface area contributed by atoms with Crippen LogP contribution in [0, 0.1) is 13.8 Å². The van der Waals surface area contributed by atoms with Crippen LogP contribution in [-0.4, -0.2) is 21.3 Å². The van der Waals surface area contributed by atoms with Gasteiger partial charge in [-0.2, -0.15) is 0 Å². The maximum atomic E-state index is 10.8. The summed E-state index contributed by atoms with van der Waals surface area (Å²) in [5.41, 5.74) is 3.63. The third-order valence-electron chi connectivity index (χ3n) is 2.50. The first-order valence-corrected chi connectivity index (χ1v) is 4.66. The molecule has 0 fully saturated rings. The molecule has 0 atom stereocenters. The zero-order valence-electron chi connectivity index (χ0n) is 8.64. The molecule has 0 aliphatic rings. The summed E-state index contributed by atoms with van der Waals surface area (Å²) in [5, 5.41) is 7.62. The molecule has 2 rings (SSSR count). The van der Waals surface area contributed by atoms with Gasteiger partial charge in [-0.1, -0.05) is 17.3 Å². The highest BCUT2D eigenvalue weighted by Gasteiger charge is 2.08. The van der Waals surface area contributed by atoms with E-state index >= 15 is 0 Å². The van der Waals surface area contributed by atoms with Crippen LogP contribution >= 0.6 is 0 Å². The first-order chi connectivity index (χ1) is 7.24. The summed E-state index contributed by atoms with van der Waals surface area (Å²) < 4.78 is 1.55. The van der Waals surface area contributed by atoms with Crippen molar-refractivity contribution in [3.63, 3.8) is 0 Å². The number of benzene rings is 1. The molecule has 0 aliphatic carbocycles. The van der Waals surface area contributed by atoms with Crippen LogP contribution in [0.25, 0.3) is 5.69 Å². The monoisotopic (exact) mass is 201 g/mol. The average Bonchev–Trinajstić information content (AvgIpc) is 2.70. The van der Waals surface area contributed by atoms with Crippen molar-refractivity contribution in [2.75, 3.05) is 0 Å². The number of rotatable bonds is 2. The van der Waals surface area contributed by atoms with Crippen LogP contribution in [0.2, 0.25) is 0 Å². The Morgan fingerprint density at radius 1 is 1.33 bits per heavy atom. The van der Waals surface area contributed by atoms with E-state index in [1.165, 1.54) is 11.8 Å². The number of aromatic nitrogens is 3. The molecule has 0 spiro atoms. The van der Waals surface area contributed by atoms with Gasteiger partial charge in [0.25, 0.3) is 0 Å². The highest BCUT2D eigenvalue weighted by Crippen LogP contribution is 2.17. The summed E-state index contributed by atoms with van der Waals surface area (Å²) in [6.07, 6.45) is 2.20. The minimum Gasteiger partial charge on any atom is -0.296 e. The molecule has 0 bridgehead atoms. The number of aldehydes is 1. The molecule has 1 aromatic carbocycles. The topological polar surface area (TPSA) is 47.8 Å². The lowest BCUT2D eigenvalue weighted by molar-refractivity contribution is 0.111. The molecule has 0 N–H and O–H groups in total. The Morgan fingerprint density at radius 3 is 2.87 bits per heavy atom. The van der Waals surface area contributed by atoms with Gasteiger partial charge < -0.3 is 0 Å². The van der Waals surface area contributed by atoms with Gasteiger partial charge in [0.2, 0.25) is 0 Å². The van der Waals surface area contributed by atoms with E-state index in [4.69, 9.17) is 0 Å². The molecule has 15 heavy (non-hydrogen) atoms. The maximum absolute atomic E-state index is 10.8. The number of nitrogens with zero attached hydrogens (tertiary/aromatic N) is 3. The first-order valence-electron chi connectivity index (χ1n) is 4.66. The van der Waals surface area contributed by atoms with Crippen LogP contribution in [-0.2, 0) is 0 Å². The Kier molecular flexibility index (Phi) is 2.33. The number of carbonyl (C=O) groups is 1. The van der Waals surface area contributed by atoms with Crippen molar-refractivity contribution in [1.29, 1.82) is 0 Å². The van der Waals surface area contributed by atoms with Crippen LogP contribution in [0.1, 0.15) is 21.6 Å². The SMILES string of the molecule is Cc1cccc(-n2nncc2C=O)c1C. The lowest BCUT2D eigenvalue weighted by Crippen LogP contribution is -2.04. The molecule has 4 heteroatoms. The number of hydrogen-bond acceptors (Lipinski definition) is 3. The third kappa shape index (κ3) is 1.54. The van der Waals surface area contributed by atoms with E-state index in [0.717, 1.165) is 17.5 Å². The van der Waals surface area contributed by atoms with Gasteiger partial charge in [0.1, 0.15) is 5.69 Å². The largest absolute Gasteiger partial charge is 0.296 e. The zero-order chi connectivity index (χ0) is 10.8. The molecular formula is C11H11N3O. The maximum Gasteiger partial charge on any atom is 0.170 e. The Hall–Kier alpha value is -1.97. The summed E-state index contributed by atoms with van der Waals surface area (Å²) in [4.78, 5) is 10.8. The predicted octanol–water partition coefficient (Wildman–Crippen LogP) is 1.70. The fraction of sp³-hybridized carbons (Fsp3) is 0.182. The Bertz CT molecular complexity index is 502. The Labute approximate surface area is 87.5 Å². The Balaban J connectivity index is 2.64. The van der Waals surface area contributed by atoms with E-state index in [9.17, 15) is 4.79 Å². The number of hydrogen-bond donors (Lipinski definition) is 0. The van der Waals surface area contributed by atoms with Gasteiger partial charge in [-0.15, -0.1) is 5.10 Å². The molecule has 0 amide bonds. The van der Waals surface area contributed by atoms with Crippen molar-refractivity contribution >= 4 is 6.29 Å². The average molecular weight is 201 g/mol. The quantitative estimate of drug-likeness (QED) is 0.695. The van der Waals surface area contributed by atoms with Crippen molar-refractivity contribution in [3.05, 3.63) is 41.2 Å². The highest BCUT2D eigenvalue weighted by atomic mass is 16.1. The van der Waals surface area contributed by atoms with Crippen molar-refractivity contribution < 1.29 is 4.79 Å². The first kappa shape index (κ1) is 9.58. The van der Waals surface area contributed by atoms with Crippen LogP contribution in [0.15, 0.2) is 24.4 Å². The van der Waals surface area contributed by atoms with Gasteiger partial charge in [-0.25, -0.2) is 4.68 Å². The summed E-state index contributed by atoms with van der Waals surface area (Å²) >= 11 is 0. The minimum absolute atomic E-state index is 0.462. The zero-order valence-corrected chi connectivity index (χ0v) is 8.64. The molecular weight excluding hydrogens is 190 g/mol. The van der Waals surface area contributed by atoms with Crippen molar-refractivity contribution in [1.82, 2.24) is 15.0 Å². The van der Waals surface area contributed by atoms with Crippen LogP contribution < -0.4 is 0 Å². The predicted molar refractivity (Wildman–Crippen MR) is 56.2 cm³/mol. The van der Waals surface area contributed by atoms with Gasteiger partial charge in [-0.05, 0) is 31.0 Å². The summed E-state index contributed by atoms with van der Waals surface area (Å²) in [6.45, 7) is 4.03. The molecule has 0 unspecified atom stereocenters. The van der Waals surface area contributed by atoms with E-state index in [1.807, 2.05) is 32.0 Å². The third-order valence-corrected chi connectivity index (χ3v) is 2.50. The molecule has 76 valence electrons. The molecule has 1 heterocycles. The lowest BCUT2D eigenvalue weighted by atomic mass is 10.1. The highest BCUT2D eigenvalue weighted by molar-refractivity contribution is 5.72. The molecule has 0 saturated heterocycles. The van der Waals surface area contributed by atoms with E-state index < -0.39 is 0 Å². The smallest absolute Gasteiger partial charge is 0.170 e. The molecule has 0 saturated carbocycles. The van der Waals surface area contributed by atoms with E-state index in [1.54, 1.807) is 4.68 Å². The van der Waals surface area contributed by atoms with Crippen LogP contribution in [0.4, 0.5) is 0 Å². The number of carbonyl (C=O) groups excluding carboxylic acids is 1. The molecule has 4 nitrogen and oxygen atoms in total. The van der Waals surface area contributed by atoms with E-state index in [-0.39, 0.29) is 0 Å². The fourth-order valence-electron chi connectivity index (χ4n) is 1.48. The lowest BCUT2D eigenvalue weighted by Gasteiger charge is -2.08. The standard InChI is InChI=1S/C11H11N3O/c1-8-4-3-5-11(9(8)2)14-10(7-15)6-12-13-14/h3-7H,1-2H3. The van der Waals surface area contributed by atoms with Crippen molar-refractivity contribution in [3.8, 4) is 5.69 Å². The summed E-state index contributed by atoms with van der Waals surface area (Å²) in [7, 11) is 0. The summed E-state index contributed by atoms with van der Waals surface area (Å²) in [5.74, 6) is 0. The molecule has 0 aliphatic heterocycles. The van der Waals surface area contributed by atoms with Crippen molar-refractivity contribution in [2.45, 2.75) is 13.8 Å². The van der Waals surface area contributed by atoms with Crippen LogP contribution in [0.3, 0.4) is 0 Å².